The Morgan fingerprint density at radius 3 is 2.35 bits per heavy atom. The number of para-hydroxylation sites is 1. The lowest BCUT2D eigenvalue weighted by atomic mass is 10.0. The predicted octanol–water partition coefficient (Wildman–Crippen LogP) is 2.73. The molecule has 0 fully saturated rings. The van der Waals surface area contributed by atoms with Gasteiger partial charge in [0.1, 0.15) is 23.9 Å². The average Bonchev–Trinajstić information content (AvgIpc) is 2.86. The molecule has 34 heavy (non-hydrogen) atoms. The number of carboxylic acids is 1. The number of nitrogens with one attached hydrogen (secondary N) is 1. The van der Waals surface area contributed by atoms with Crippen LogP contribution in [0.4, 0.5) is 17.2 Å². The minimum Gasteiger partial charge on any atom is -0.480 e. The molecule has 0 aliphatic carbocycles. The number of aliphatic carboxylic acids is 1. The first-order chi connectivity index (χ1) is 16.4. The number of carbonyl (C=O) groups is 1. The summed E-state index contributed by atoms with van der Waals surface area (Å²) in [6.45, 7) is 4.74. The minimum atomic E-state index is -1.07. The molecule has 9 heteroatoms. The monoisotopic (exact) mass is 459 g/mol. The van der Waals surface area contributed by atoms with Gasteiger partial charge in [0.05, 0.1) is 5.52 Å². The first-order valence-electron chi connectivity index (χ1n) is 11.1. The van der Waals surface area contributed by atoms with Crippen LogP contribution in [0.2, 0.25) is 0 Å². The van der Waals surface area contributed by atoms with Gasteiger partial charge in [-0.3, -0.25) is 14.6 Å². The Bertz CT molecular complexity index is 1370. The molecule has 174 valence electrons. The summed E-state index contributed by atoms with van der Waals surface area (Å²) in [6, 6.07) is 15.2. The summed E-state index contributed by atoms with van der Waals surface area (Å²) in [7, 11) is 0. The third-order valence-corrected chi connectivity index (χ3v) is 5.77. The van der Waals surface area contributed by atoms with Crippen molar-refractivity contribution in [3.8, 4) is 0 Å². The molecule has 3 aromatic carbocycles. The molecule has 0 radical (unpaired) electrons. The molecule has 0 saturated heterocycles. The molecular weight excluding hydrogens is 434 g/mol. The second kappa shape index (κ2) is 9.80. The van der Waals surface area contributed by atoms with Crippen LogP contribution in [0, 0.1) is 0 Å². The first kappa shape index (κ1) is 23.1. The highest BCUT2D eigenvalue weighted by molar-refractivity contribution is 5.90. The molecule has 0 spiro atoms. The fraction of sp³-hybridized carbons (Fsp3) is 0.240. The Labute approximate surface area is 196 Å². The lowest BCUT2D eigenvalue weighted by Gasteiger charge is -2.39. The molecule has 0 aliphatic heterocycles. The Hall–Kier alpha value is -4.11. The summed E-state index contributed by atoms with van der Waals surface area (Å²) < 4.78 is 0. The SMILES string of the molecule is CCN(CC)N(c1cc(=O)c1=O)C(Cc1ccc(Nc2ncnc3ccccc23)cc1)C(=O)O. The number of hydrogen-bond acceptors (Lipinski definition) is 8. The topological polar surface area (TPSA) is 116 Å². The van der Waals surface area contributed by atoms with Crippen LogP contribution in [0.3, 0.4) is 0 Å². The molecule has 1 atom stereocenters. The number of benzene rings is 2. The smallest absolute Gasteiger partial charge is 0.328 e. The maximum Gasteiger partial charge on any atom is 0.328 e. The van der Waals surface area contributed by atoms with Crippen molar-refractivity contribution < 1.29 is 9.90 Å². The van der Waals surface area contributed by atoms with E-state index in [4.69, 9.17) is 0 Å². The van der Waals surface area contributed by atoms with Crippen LogP contribution >= 0.6 is 0 Å². The molecule has 4 rings (SSSR count). The van der Waals surface area contributed by atoms with Crippen LogP contribution in [0.15, 0.2) is 70.5 Å². The van der Waals surface area contributed by atoms with E-state index in [1.54, 1.807) is 5.01 Å². The molecule has 0 aliphatic rings. The molecule has 4 aromatic rings. The highest BCUT2D eigenvalue weighted by Gasteiger charge is 2.33. The third-order valence-electron chi connectivity index (χ3n) is 5.77. The zero-order valence-corrected chi connectivity index (χ0v) is 18.9. The van der Waals surface area contributed by atoms with E-state index >= 15 is 0 Å². The van der Waals surface area contributed by atoms with E-state index in [0.29, 0.717) is 18.9 Å². The Morgan fingerprint density at radius 2 is 1.74 bits per heavy atom. The number of nitrogens with zero attached hydrogens (tertiary/aromatic N) is 4. The van der Waals surface area contributed by atoms with Gasteiger partial charge in [-0.25, -0.2) is 19.8 Å². The number of anilines is 3. The van der Waals surface area contributed by atoms with E-state index in [1.165, 1.54) is 17.4 Å². The molecule has 0 bridgehead atoms. The number of fused-ring (bicyclic) bond motifs is 1. The van der Waals surface area contributed by atoms with Gasteiger partial charge in [-0.1, -0.05) is 38.1 Å². The van der Waals surface area contributed by atoms with Crippen LogP contribution in [0.25, 0.3) is 10.9 Å². The van der Waals surface area contributed by atoms with E-state index in [1.807, 2.05) is 62.4 Å². The van der Waals surface area contributed by atoms with E-state index in [-0.39, 0.29) is 12.1 Å². The molecule has 0 saturated carbocycles. The Morgan fingerprint density at radius 1 is 1.03 bits per heavy atom. The van der Waals surface area contributed by atoms with Crippen molar-refractivity contribution in [1.29, 1.82) is 0 Å². The van der Waals surface area contributed by atoms with Gasteiger partial charge in [-0.15, -0.1) is 0 Å². The summed E-state index contributed by atoms with van der Waals surface area (Å²) in [5.41, 5.74) is 1.26. The Balaban J connectivity index is 1.57. The molecular formula is C25H25N5O4. The van der Waals surface area contributed by atoms with Crippen LogP contribution in [0.1, 0.15) is 19.4 Å². The average molecular weight is 460 g/mol. The van der Waals surface area contributed by atoms with Gasteiger partial charge in [0.25, 0.3) is 0 Å². The number of hydrogen-bond donors (Lipinski definition) is 2. The normalized spacial score (nSPS) is 12.2. The second-order valence-corrected chi connectivity index (χ2v) is 7.83. The molecule has 2 N–H and O–H groups in total. The predicted molar refractivity (Wildman–Crippen MR) is 131 cm³/mol. The van der Waals surface area contributed by atoms with Gasteiger partial charge < -0.3 is 10.4 Å². The van der Waals surface area contributed by atoms with E-state index in [9.17, 15) is 19.5 Å². The standard InChI is InChI=1S/C25H25N5O4/c1-3-29(4-2)30(20-14-22(31)23(20)32)21(25(33)34)13-16-9-11-17(12-10-16)28-24-18-7-5-6-8-19(18)26-15-27-24/h5-12,14-15,21H,3-4,13H2,1-2H3,(H,33,34)(H,26,27,28). The Kier molecular flexibility index (Phi) is 6.65. The fourth-order valence-electron chi connectivity index (χ4n) is 3.99. The van der Waals surface area contributed by atoms with Gasteiger partial charge in [0.15, 0.2) is 0 Å². The summed E-state index contributed by atoms with van der Waals surface area (Å²) in [4.78, 5) is 44.5. The largest absolute Gasteiger partial charge is 0.480 e. The molecule has 1 unspecified atom stereocenters. The summed E-state index contributed by atoms with van der Waals surface area (Å²) in [6.07, 6.45) is 1.65. The molecule has 1 heterocycles. The third kappa shape index (κ3) is 4.51. The van der Waals surface area contributed by atoms with Gasteiger partial charge >= 0.3 is 5.97 Å². The number of aromatic nitrogens is 2. The maximum absolute atomic E-state index is 12.2. The number of carboxylic acid groups (broad SMARTS) is 1. The fourth-order valence-corrected chi connectivity index (χ4v) is 3.99. The van der Waals surface area contributed by atoms with Crippen molar-refractivity contribution in [3.63, 3.8) is 0 Å². The highest BCUT2D eigenvalue weighted by Crippen LogP contribution is 2.24. The summed E-state index contributed by atoms with van der Waals surface area (Å²) in [5.74, 6) is -0.399. The van der Waals surface area contributed by atoms with Crippen LogP contribution in [0.5, 0.6) is 0 Å². The van der Waals surface area contributed by atoms with Crippen molar-refractivity contribution in [2.45, 2.75) is 26.3 Å². The second-order valence-electron chi connectivity index (χ2n) is 7.83. The maximum atomic E-state index is 12.2. The van der Waals surface area contributed by atoms with Crippen molar-refractivity contribution in [2.24, 2.45) is 0 Å². The van der Waals surface area contributed by atoms with Crippen molar-refractivity contribution >= 4 is 34.1 Å². The number of hydrazine groups is 1. The van der Waals surface area contributed by atoms with E-state index in [2.05, 4.69) is 15.3 Å². The minimum absolute atomic E-state index is 0.120. The van der Waals surface area contributed by atoms with Crippen molar-refractivity contribution in [2.75, 3.05) is 23.4 Å². The van der Waals surface area contributed by atoms with Crippen LogP contribution in [-0.4, -0.2) is 45.2 Å². The lowest BCUT2D eigenvalue weighted by Crippen LogP contribution is -2.57. The van der Waals surface area contributed by atoms with E-state index in [0.717, 1.165) is 22.2 Å². The summed E-state index contributed by atoms with van der Waals surface area (Å²) >= 11 is 0. The molecule has 0 amide bonds. The summed E-state index contributed by atoms with van der Waals surface area (Å²) in [5, 5.41) is 17.4. The van der Waals surface area contributed by atoms with Gasteiger partial charge in [0.2, 0.25) is 10.9 Å². The van der Waals surface area contributed by atoms with E-state index < -0.39 is 22.9 Å². The van der Waals surface area contributed by atoms with Gasteiger partial charge in [0, 0.05) is 36.7 Å². The van der Waals surface area contributed by atoms with Gasteiger partial charge in [-0.2, -0.15) is 0 Å². The van der Waals surface area contributed by atoms with Crippen molar-refractivity contribution in [3.05, 3.63) is 86.9 Å². The quantitative estimate of drug-likeness (QED) is 0.273. The molecule has 1 aromatic heterocycles. The van der Waals surface area contributed by atoms with Gasteiger partial charge in [-0.05, 0) is 29.8 Å². The van der Waals surface area contributed by atoms with Crippen molar-refractivity contribution in [1.82, 2.24) is 15.0 Å². The number of rotatable bonds is 10. The first-order valence-corrected chi connectivity index (χ1v) is 11.1. The zero-order valence-electron chi connectivity index (χ0n) is 18.9. The lowest BCUT2D eigenvalue weighted by molar-refractivity contribution is -0.139. The van der Waals surface area contributed by atoms with Crippen LogP contribution in [-0.2, 0) is 11.2 Å². The van der Waals surface area contributed by atoms with Crippen LogP contribution < -0.4 is 21.2 Å². The molecule has 9 nitrogen and oxygen atoms in total. The highest BCUT2D eigenvalue weighted by atomic mass is 16.4. The zero-order chi connectivity index (χ0) is 24.2.